The summed E-state index contributed by atoms with van der Waals surface area (Å²) in [6, 6.07) is 6.88. The SMILES string of the molecule is CC(C)(C)S(=O)(=O)c1ccccc1CN. The van der Waals surface area contributed by atoms with Gasteiger partial charge in [-0.25, -0.2) is 8.42 Å². The second-order valence-corrected chi connectivity index (χ2v) is 7.10. The van der Waals surface area contributed by atoms with Crippen molar-refractivity contribution >= 4 is 9.84 Å². The van der Waals surface area contributed by atoms with Crippen LogP contribution in [0.5, 0.6) is 0 Å². The smallest absolute Gasteiger partial charge is 0.183 e. The number of rotatable bonds is 2. The first-order valence-electron chi connectivity index (χ1n) is 4.83. The molecule has 0 saturated carbocycles. The van der Waals surface area contributed by atoms with E-state index in [1.165, 1.54) is 0 Å². The molecule has 0 aromatic heterocycles. The topological polar surface area (TPSA) is 60.2 Å². The van der Waals surface area contributed by atoms with Crippen molar-refractivity contribution < 1.29 is 8.42 Å². The van der Waals surface area contributed by atoms with Gasteiger partial charge in [0.25, 0.3) is 0 Å². The molecule has 0 aliphatic rings. The van der Waals surface area contributed by atoms with E-state index in [2.05, 4.69) is 0 Å². The van der Waals surface area contributed by atoms with Crippen LogP contribution in [0.1, 0.15) is 26.3 Å². The highest BCUT2D eigenvalue weighted by molar-refractivity contribution is 7.92. The predicted octanol–water partition coefficient (Wildman–Crippen LogP) is 1.72. The van der Waals surface area contributed by atoms with Crippen molar-refractivity contribution in [2.75, 3.05) is 0 Å². The number of nitrogens with two attached hydrogens (primary N) is 1. The summed E-state index contributed by atoms with van der Waals surface area (Å²) in [5, 5.41) is 0. The average molecular weight is 227 g/mol. The van der Waals surface area contributed by atoms with Gasteiger partial charge in [-0.05, 0) is 32.4 Å². The number of hydrogen-bond donors (Lipinski definition) is 1. The summed E-state index contributed by atoms with van der Waals surface area (Å²) in [6.07, 6.45) is 0. The van der Waals surface area contributed by atoms with Crippen LogP contribution in [0, 0.1) is 0 Å². The fraction of sp³-hybridized carbons (Fsp3) is 0.455. The molecule has 3 nitrogen and oxygen atoms in total. The van der Waals surface area contributed by atoms with Crippen LogP contribution in [0.4, 0.5) is 0 Å². The highest BCUT2D eigenvalue weighted by Crippen LogP contribution is 2.27. The molecule has 15 heavy (non-hydrogen) atoms. The molecule has 84 valence electrons. The van der Waals surface area contributed by atoms with Gasteiger partial charge >= 0.3 is 0 Å². The minimum absolute atomic E-state index is 0.242. The van der Waals surface area contributed by atoms with Crippen LogP contribution in [0.25, 0.3) is 0 Å². The fourth-order valence-electron chi connectivity index (χ4n) is 1.26. The molecule has 0 bridgehead atoms. The Bertz CT molecular complexity index is 444. The van der Waals surface area contributed by atoms with Crippen molar-refractivity contribution in [3.8, 4) is 0 Å². The highest BCUT2D eigenvalue weighted by Gasteiger charge is 2.32. The van der Waals surface area contributed by atoms with E-state index in [1.807, 2.05) is 0 Å². The van der Waals surface area contributed by atoms with E-state index in [0.717, 1.165) is 0 Å². The van der Waals surface area contributed by atoms with Crippen LogP contribution in [-0.2, 0) is 16.4 Å². The molecule has 2 N–H and O–H groups in total. The van der Waals surface area contributed by atoms with Gasteiger partial charge in [-0.3, -0.25) is 0 Å². The molecule has 0 aliphatic heterocycles. The van der Waals surface area contributed by atoms with Crippen LogP contribution in [0.3, 0.4) is 0 Å². The van der Waals surface area contributed by atoms with Crippen molar-refractivity contribution in [2.24, 2.45) is 5.73 Å². The van der Waals surface area contributed by atoms with Crippen LogP contribution in [0.15, 0.2) is 29.2 Å². The van der Waals surface area contributed by atoms with Gasteiger partial charge in [-0.1, -0.05) is 18.2 Å². The number of hydrogen-bond acceptors (Lipinski definition) is 3. The first-order valence-corrected chi connectivity index (χ1v) is 6.31. The molecule has 1 aromatic rings. The summed E-state index contributed by atoms with van der Waals surface area (Å²) < 4.78 is 23.6. The van der Waals surface area contributed by atoms with Gasteiger partial charge in [-0.2, -0.15) is 0 Å². The third-order valence-corrected chi connectivity index (χ3v) is 4.88. The Balaban J connectivity index is 3.41. The molecule has 0 radical (unpaired) electrons. The molecule has 0 aliphatic carbocycles. The minimum Gasteiger partial charge on any atom is -0.326 e. The second kappa shape index (κ2) is 3.94. The van der Waals surface area contributed by atoms with E-state index in [-0.39, 0.29) is 6.54 Å². The summed E-state index contributed by atoms with van der Waals surface area (Å²) >= 11 is 0. The monoisotopic (exact) mass is 227 g/mol. The summed E-state index contributed by atoms with van der Waals surface area (Å²) in [6.45, 7) is 5.31. The van der Waals surface area contributed by atoms with Crippen molar-refractivity contribution in [1.29, 1.82) is 0 Å². The Morgan fingerprint density at radius 1 is 1.20 bits per heavy atom. The van der Waals surface area contributed by atoms with Gasteiger partial charge in [0.15, 0.2) is 9.84 Å². The Labute approximate surface area is 91.2 Å². The zero-order valence-corrected chi connectivity index (χ0v) is 10.1. The van der Waals surface area contributed by atoms with Crippen LogP contribution < -0.4 is 5.73 Å². The third kappa shape index (κ3) is 2.21. The van der Waals surface area contributed by atoms with Crippen molar-refractivity contribution in [2.45, 2.75) is 37.0 Å². The maximum Gasteiger partial charge on any atom is 0.183 e. The lowest BCUT2D eigenvalue weighted by Crippen LogP contribution is -2.29. The normalized spacial score (nSPS) is 12.8. The van der Waals surface area contributed by atoms with Crippen molar-refractivity contribution in [1.82, 2.24) is 0 Å². The maximum absolute atomic E-state index is 12.2. The summed E-state index contributed by atoms with van der Waals surface area (Å²) in [5.74, 6) is 0. The molecule has 4 heteroatoms. The molecule has 0 atom stereocenters. The Morgan fingerprint density at radius 2 is 1.73 bits per heavy atom. The molecule has 1 rings (SSSR count). The summed E-state index contributed by atoms with van der Waals surface area (Å²) in [7, 11) is -3.30. The lowest BCUT2D eigenvalue weighted by Gasteiger charge is -2.20. The Kier molecular flexibility index (Phi) is 3.21. The van der Waals surface area contributed by atoms with E-state index < -0.39 is 14.6 Å². The summed E-state index contributed by atoms with van der Waals surface area (Å²) in [5.41, 5.74) is 6.20. The molecular weight excluding hydrogens is 210 g/mol. The van der Waals surface area contributed by atoms with E-state index in [4.69, 9.17) is 5.73 Å². The molecule has 0 fully saturated rings. The van der Waals surface area contributed by atoms with Crippen LogP contribution >= 0.6 is 0 Å². The van der Waals surface area contributed by atoms with Gasteiger partial charge in [0.2, 0.25) is 0 Å². The van der Waals surface area contributed by atoms with Gasteiger partial charge in [0.1, 0.15) is 0 Å². The predicted molar refractivity (Wildman–Crippen MR) is 61.3 cm³/mol. The maximum atomic E-state index is 12.2. The molecular formula is C11H17NO2S. The quantitative estimate of drug-likeness (QED) is 0.836. The lowest BCUT2D eigenvalue weighted by molar-refractivity contribution is 0.559. The standard InChI is InChI=1S/C11H17NO2S/c1-11(2,3)15(13,14)10-7-5-4-6-9(10)8-12/h4-7H,8,12H2,1-3H3. The fourth-order valence-corrected chi connectivity index (χ4v) is 2.68. The van der Waals surface area contributed by atoms with Crippen LogP contribution in [-0.4, -0.2) is 13.2 Å². The second-order valence-electron chi connectivity index (χ2n) is 4.43. The van der Waals surface area contributed by atoms with Crippen LogP contribution in [0.2, 0.25) is 0 Å². The van der Waals surface area contributed by atoms with Crippen molar-refractivity contribution in [3.05, 3.63) is 29.8 Å². The zero-order chi connectivity index (χ0) is 11.7. The molecule has 0 amide bonds. The molecule has 1 aromatic carbocycles. The molecule has 0 spiro atoms. The van der Waals surface area contributed by atoms with E-state index in [9.17, 15) is 8.42 Å². The first-order chi connectivity index (χ1) is 6.80. The van der Waals surface area contributed by atoms with Gasteiger partial charge < -0.3 is 5.73 Å². The van der Waals surface area contributed by atoms with Gasteiger partial charge in [0.05, 0.1) is 9.64 Å². The largest absolute Gasteiger partial charge is 0.326 e. The Morgan fingerprint density at radius 3 is 2.20 bits per heavy atom. The van der Waals surface area contributed by atoms with E-state index in [0.29, 0.717) is 10.5 Å². The average Bonchev–Trinajstić information content (AvgIpc) is 2.16. The van der Waals surface area contributed by atoms with Gasteiger partial charge in [0, 0.05) is 6.54 Å². The minimum atomic E-state index is -3.30. The first kappa shape index (κ1) is 12.2. The number of sulfone groups is 1. The highest BCUT2D eigenvalue weighted by atomic mass is 32.2. The van der Waals surface area contributed by atoms with E-state index in [1.54, 1.807) is 45.0 Å². The summed E-state index contributed by atoms with van der Waals surface area (Å²) in [4.78, 5) is 0.347. The van der Waals surface area contributed by atoms with Gasteiger partial charge in [-0.15, -0.1) is 0 Å². The zero-order valence-electron chi connectivity index (χ0n) is 9.32. The van der Waals surface area contributed by atoms with E-state index >= 15 is 0 Å². The third-order valence-electron chi connectivity index (χ3n) is 2.29. The molecule has 0 unspecified atom stereocenters. The Hall–Kier alpha value is -0.870. The van der Waals surface area contributed by atoms with Crippen molar-refractivity contribution in [3.63, 3.8) is 0 Å². The molecule has 0 saturated heterocycles. The lowest BCUT2D eigenvalue weighted by atomic mass is 10.2. The molecule has 0 heterocycles. The number of benzene rings is 1.